The molecule has 2 aromatic rings. The number of nitrogens with zero attached hydrogens (tertiary/aromatic N) is 1. The molecule has 0 bridgehead atoms. The van der Waals surface area contributed by atoms with Gasteiger partial charge in [0.25, 0.3) is 0 Å². The lowest BCUT2D eigenvalue weighted by atomic mass is 10.2. The Balaban J connectivity index is 2.59. The maximum atomic E-state index is 9.52. The van der Waals surface area contributed by atoms with E-state index in [1.54, 1.807) is 18.3 Å². The Kier molecular flexibility index (Phi) is 2.41. The lowest BCUT2D eigenvalue weighted by molar-refractivity contribution is 0.356. The van der Waals surface area contributed by atoms with Crippen molar-refractivity contribution < 1.29 is 9.84 Å². The highest BCUT2D eigenvalue weighted by molar-refractivity contribution is 6.17. The molecule has 1 aromatic heterocycles. The summed E-state index contributed by atoms with van der Waals surface area (Å²) in [4.78, 5) is 4.09. The van der Waals surface area contributed by atoms with Crippen LogP contribution in [0.5, 0.6) is 11.5 Å². The zero-order valence-electron chi connectivity index (χ0n) is 7.27. The van der Waals surface area contributed by atoms with Crippen LogP contribution in [-0.2, 0) is 0 Å². The number of aromatic nitrogens is 1. The van der Waals surface area contributed by atoms with E-state index >= 15 is 0 Å². The fraction of sp³-hybridized carbons (Fsp3) is 0.100. The van der Waals surface area contributed by atoms with Gasteiger partial charge in [0.15, 0.2) is 17.6 Å². The zero-order chi connectivity index (χ0) is 9.97. The molecule has 3 nitrogen and oxygen atoms in total. The van der Waals surface area contributed by atoms with Gasteiger partial charge in [-0.05, 0) is 12.1 Å². The molecule has 4 heteroatoms. The van der Waals surface area contributed by atoms with Crippen LogP contribution in [0.2, 0.25) is 0 Å². The van der Waals surface area contributed by atoms with Crippen molar-refractivity contribution in [2.45, 2.75) is 0 Å². The molecule has 1 aromatic carbocycles. The summed E-state index contributed by atoms with van der Waals surface area (Å²) >= 11 is 5.41. The maximum absolute atomic E-state index is 9.52. The lowest BCUT2D eigenvalue weighted by Gasteiger charge is -2.05. The minimum Gasteiger partial charge on any atom is -0.504 e. The second-order valence-electron chi connectivity index (χ2n) is 2.77. The van der Waals surface area contributed by atoms with Crippen LogP contribution in [0, 0.1) is 0 Å². The summed E-state index contributed by atoms with van der Waals surface area (Å²) in [7, 11) is 0. The van der Waals surface area contributed by atoms with Crippen LogP contribution in [0.25, 0.3) is 10.9 Å². The van der Waals surface area contributed by atoms with Crippen LogP contribution in [0.15, 0.2) is 30.5 Å². The Labute approximate surface area is 85.9 Å². The van der Waals surface area contributed by atoms with E-state index in [1.165, 1.54) is 0 Å². The monoisotopic (exact) mass is 209 g/mol. The molecule has 14 heavy (non-hydrogen) atoms. The molecule has 0 atom stereocenters. The van der Waals surface area contributed by atoms with Crippen molar-refractivity contribution in [3.8, 4) is 11.5 Å². The van der Waals surface area contributed by atoms with Gasteiger partial charge < -0.3 is 9.84 Å². The highest BCUT2D eigenvalue weighted by atomic mass is 35.5. The van der Waals surface area contributed by atoms with Gasteiger partial charge in [-0.2, -0.15) is 0 Å². The largest absolute Gasteiger partial charge is 0.504 e. The fourth-order valence-electron chi connectivity index (χ4n) is 1.26. The number of alkyl halides is 1. The van der Waals surface area contributed by atoms with Gasteiger partial charge >= 0.3 is 0 Å². The smallest absolute Gasteiger partial charge is 0.163 e. The molecule has 1 heterocycles. The third-order valence-electron chi connectivity index (χ3n) is 1.89. The first kappa shape index (κ1) is 9.09. The van der Waals surface area contributed by atoms with Gasteiger partial charge in [0.1, 0.15) is 0 Å². The van der Waals surface area contributed by atoms with Crippen LogP contribution < -0.4 is 4.74 Å². The minimum absolute atomic E-state index is 0.0132. The summed E-state index contributed by atoms with van der Waals surface area (Å²) < 4.78 is 5.03. The van der Waals surface area contributed by atoms with Crippen LogP contribution in [0.1, 0.15) is 0 Å². The SMILES string of the molecule is Oc1cc2ncccc2cc1OCCl. The molecule has 0 fully saturated rings. The van der Waals surface area contributed by atoms with E-state index in [4.69, 9.17) is 16.3 Å². The van der Waals surface area contributed by atoms with Gasteiger partial charge in [0.05, 0.1) is 5.52 Å². The quantitative estimate of drug-likeness (QED) is 0.773. The number of phenols is 1. The van der Waals surface area contributed by atoms with Crippen LogP contribution in [0.4, 0.5) is 0 Å². The molecular formula is C10H8ClNO2. The normalized spacial score (nSPS) is 10.4. The third kappa shape index (κ3) is 1.59. The van der Waals surface area contributed by atoms with Crippen molar-refractivity contribution >= 4 is 22.5 Å². The highest BCUT2D eigenvalue weighted by Crippen LogP contribution is 2.30. The Hall–Kier alpha value is -1.48. The number of ether oxygens (including phenoxy) is 1. The van der Waals surface area contributed by atoms with Gasteiger partial charge in [0.2, 0.25) is 0 Å². The van der Waals surface area contributed by atoms with Crippen molar-refractivity contribution in [3.05, 3.63) is 30.5 Å². The predicted molar refractivity (Wildman–Crippen MR) is 54.8 cm³/mol. The number of fused-ring (bicyclic) bond motifs is 1. The lowest BCUT2D eigenvalue weighted by Crippen LogP contribution is -1.90. The topological polar surface area (TPSA) is 42.4 Å². The van der Waals surface area contributed by atoms with Gasteiger partial charge in [-0.25, -0.2) is 0 Å². The standard InChI is InChI=1S/C10H8ClNO2/c11-6-14-10-4-7-2-1-3-12-8(7)5-9(10)13/h1-5,13H,6H2. The number of hydrogen-bond donors (Lipinski definition) is 1. The Bertz CT molecular complexity index is 459. The number of halogens is 1. The number of rotatable bonds is 2. The van der Waals surface area contributed by atoms with Crippen LogP contribution in [-0.4, -0.2) is 16.2 Å². The molecule has 0 unspecified atom stereocenters. The number of aromatic hydroxyl groups is 1. The number of benzene rings is 1. The van der Waals surface area contributed by atoms with E-state index in [1.807, 2.05) is 12.1 Å². The number of hydrogen-bond acceptors (Lipinski definition) is 3. The number of phenolic OH excluding ortho intramolecular Hbond substituents is 1. The molecule has 72 valence electrons. The molecule has 1 N–H and O–H groups in total. The molecule has 0 aliphatic heterocycles. The van der Waals surface area contributed by atoms with Crippen LogP contribution in [0.3, 0.4) is 0 Å². The molecule has 2 rings (SSSR count). The van der Waals surface area contributed by atoms with E-state index in [0.717, 1.165) is 10.9 Å². The van der Waals surface area contributed by atoms with Crippen LogP contribution >= 0.6 is 11.6 Å². The molecule has 0 saturated heterocycles. The fourth-order valence-corrected chi connectivity index (χ4v) is 1.38. The molecule has 0 spiro atoms. The Morgan fingerprint density at radius 1 is 1.43 bits per heavy atom. The average molecular weight is 210 g/mol. The van der Waals surface area contributed by atoms with E-state index in [0.29, 0.717) is 5.75 Å². The van der Waals surface area contributed by atoms with Crippen molar-refractivity contribution in [2.24, 2.45) is 0 Å². The minimum atomic E-state index is 0.0132. The van der Waals surface area contributed by atoms with Crippen molar-refractivity contribution in [2.75, 3.05) is 6.07 Å². The molecule has 0 aliphatic carbocycles. The molecule has 0 saturated carbocycles. The Morgan fingerprint density at radius 3 is 3.07 bits per heavy atom. The number of pyridine rings is 1. The summed E-state index contributed by atoms with van der Waals surface area (Å²) in [5.74, 6) is 0.428. The van der Waals surface area contributed by atoms with Gasteiger partial charge in [0, 0.05) is 17.6 Å². The van der Waals surface area contributed by atoms with E-state index in [9.17, 15) is 5.11 Å². The van der Waals surface area contributed by atoms with Gasteiger partial charge in [-0.3, -0.25) is 4.98 Å². The zero-order valence-corrected chi connectivity index (χ0v) is 8.03. The Morgan fingerprint density at radius 2 is 2.29 bits per heavy atom. The van der Waals surface area contributed by atoms with Crippen molar-refractivity contribution in [1.82, 2.24) is 4.98 Å². The maximum Gasteiger partial charge on any atom is 0.163 e. The second kappa shape index (κ2) is 3.72. The molecule has 0 radical (unpaired) electrons. The molecule has 0 aliphatic rings. The highest BCUT2D eigenvalue weighted by Gasteiger charge is 2.04. The first-order chi connectivity index (χ1) is 6.81. The van der Waals surface area contributed by atoms with E-state index in [-0.39, 0.29) is 11.8 Å². The van der Waals surface area contributed by atoms with E-state index in [2.05, 4.69) is 4.98 Å². The van der Waals surface area contributed by atoms with Gasteiger partial charge in [-0.15, -0.1) is 0 Å². The summed E-state index contributed by atoms with van der Waals surface area (Å²) in [5.41, 5.74) is 0.729. The predicted octanol–water partition coefficient (Wildman–Crippen LogP) is 2.52. The van der Waals surface area contributed by atoms with E-state index < -0.39 is 0 Å². The first-order valence-electron chi connectivity index (χ1n) is 4.08. The summed E-state index contributed by atoms with van der Waals surface area (Å²) in [6.45, 7) is 0. The summed E-state index contributed by atoms with van der Waals surface area (Å²) in [5, 5.41) is 10.4. The molecule has 0 amide bonds. The molecular weight excluding hydrogens is 202 g/mol. The first-order valence-corrected chi connectivity index (χ1v) is 4.61. The second-order valence-corrected chi connectivity index (χ2v) is 2.99. The van der Waals surface area contributed by atoms with Crippen molar-refractivity contribution in [3.63, 3.8) is 0 Å². The average Bonchev–Trinajstić information content (AvgIpc) is 2.19. The van der Waals surface area contributed by atoms with Gasteiger partial charge in [-0.1, -0.05) is 17.7 Å². The van der Waals surface area contributed by atoms with Crippen molar-refractivity contribution in [1.29, 1.82) is 0 Å². The summed E-state index contributed by atoms with van der Waals surface area (Å²) in [6, 6.07) is 6.99. The summed E-state index contributed by atoms with van der Waals surface area (Å²) in [6.07, 6.45) is 1.67. The third-order valence-corrected chi connectivity index (χ3v) is 2.00.